The lowest BCUT2D eigenvalue weighted by molar-refractivity contribution is -0.142. The zero-order valence-electron chi connectivity index (χ0n) is 11.6. The van der Waals surface area contributed by atoms with Gasteiger partial charge in [0.15, 0.2) is 17.3 Å². The molecule has 1 aromatic carbocycles. The van der Waals surface area contributed by atoms with E-state index in [0.29, 0.717) is 4.68 Å². The molecule has 0 unspecified atom stereocenters. The third kappa shape index (κ3) is 4.07. The monoisotopic (exact) mass is 420 g/mol. The molecule has 0 spiro atoms. The highest BCUT2D eigenvalue weighted by Crippen LogP contribution is 2.38. The fourth-order valence-corrected chi connectivity index (χ4v) is 2.22. The van der Waals surface area contributed by atoms with E-state index < -0.39 is 54.4 Å². The van der Waals surface area contributed by atoms with Crippen LogP contribution in [0.5, 0.6) is 0 Å². The van der Waals surface area contributed by atoms with Crippen LogP contribution in [0.25, 0.3) is 11.1 Å². The molecule has 1 heterocycles. The van der Waals surface area contributed by atoms with Crippen LogP contribution in [0.2, 0.25) is 0 Å². The van der Waals surface area contributed by atoms with Crippen LogP contribution < -0.4 is 0 Å². The fourth-order valence-electron chi connectivity index (χ4n) is 1.91. The molecule has 0 fully saturated rings. The molecule has 0 aliphatic heterocycles. The average Bonchev–Trinajstić information content (AvgIpc) is 2.88. The highest BCUT2D eigenvalue weighted by Gasteiger charge is 2.38. The smallest absolute Gasteiger partial charge is 0.321 e. The maximum Gasteiger partial charge on any atom is 0.435 e. The highest BCUT2D eigenvalue weighted by atomic mass is 79.9. The second kappa shape index (κ2) is 7.09. The van der Waals surface area contributed by atoms with Crippen molar-refractivity contribution in [1.82, 2.24) is 9.78 Å². The van der Waals surface area contributed by atoms with E-state index in [1.165, 1.54) is 0 Å². The van der Waals surface area contributed by atoms with Crippen LogP contribution in [-0.4, -0.2) is 23.0 Å². The molecule has 0 aliphatic rings. The third-order valence-corrected chi connectivity index (χ3v) is 3.53. The van der Waals surface area contributed by atoms with Crippen LogP contribution >= 0.6 is 15.9 Å². The summed E-state index contributed by atoms with van der Waals surface area (Å²) >= 11 is 2.72. The number of hydrogen-bond donors (Lipinski definition) is 0. The zero-order valence-corrected chi connectivity index (χ0v) is 13.1. The van der Waals surface area contributed by atoms with Gasteiger partial charge in [-0.1, -0.05) is 0 Å². The quantitative estimate of drug-likeness (QED) is 0.510. The van der Waals surface area contributed by atoms with E-state index in [-0.39, 0.29) is 4.47 Å². The highest BCUT2D eigenvalue weighted by molar-refractivity contribution is 9.10. The molecular weight excluding hydrogens is 413 g/mol. The summed E-state index contributed by atoms with van der Waals surface area (Å²) in [5, 5.41) is 3.21. The van der Waals surface area contributed by atoms with Gasteiger partial charge in [-0.15, -0.1) is 0 Å². The van der Waals surface area contributed by atoms with E-state index in [9.17, 15) is 30.7 Å². The molecule has 2 rings (SSSR count). The molecule has 0 radical (unpaired) electrons. The molecule has 2 aromatic rings. The van der Waals surface area contributed by atoms with E-state index in [1.54, 1.807) is 0 Å². The summed E-state index contributed by atoms with van der Waals surface area (Å²) in [4.78, 5) is 0. The van der Waals surface area contributed by atoms with Gasteiger partial charge in [-0.2, -0.15) is 27.1 Å². The van der Waals surface area contributed by atoms with Gasteiger partial charge in [0.05, 0.1) is 17.6 Å². The van der Waals surface area contributed by atoms with E-state index >= 15 is 0 Å². The van der Waals surface area contributed by atoms with Crippen molar-refractivity contribution >= 4 is 15.9 Å². The Morgan fingerprint density at radius 2 is 1.79 bits per heavy atom. The van der Waals surface area contributed by atoms with Gasteiger partial charge in [0, 0.05) is 17.3 Å². The van der Waals surface area contributed by atoms with Gasteiger partial charge in [0.2, 0.25) is 0 Å². The van der Waals surface area contributed by atoms with Gasteiger partial charge in [0.1, 0.15) is 0 Å². The minimum absolute atomic E-state index is 0.255. The van der Waals surface area contributed by atoms with Crippen molar-refractivity contribution < 1.29 is 35.5 Å². The topological polar surface area (TPSA) is 27.1 Å². The van der Waals surface area contributed by atoms with Crippen molar-refractivity contribution in [1.29, 1.82) is 0 Å². The summed E-state index contributed by atoms with van der Waals surface area (Å²) in [6.07, 6.45) is -4.15. The molecule has 3 nitrogen and oxygen atoms in total. The Morgan fingerprint density at radius 3 is 2.38 bits per heavy atom. The van der Waals surface area contributed by atoms with Crippen molar-refractivity contribution in [3.8, 4) is 11.1 Å². The number of benzene rings is 1. The average molecular weight is 421 g/mol. The van der Waals surface area contributed by atoms with E-state index in [2.05, 4.69) is 25.8 Å². The number of rotatable bonds is 5. The molecule has 1 aromatic heterocycles. The summed E-state index contributed by atoms with van der Waals surface area (Å²) in [7, 11) is 0. The van der Waals surface area contributed by atoms with Gasteiger partial charge >= 0.3 is 12.8 Å². The van der Waals surface area contributed by atoms with Gasteiger partial charge in [-0.05, 0) is 28.1 Å². The number of halogens is 8. The second-order valence-electron chi connectivity index (χ2n) is 4.51. The molecular formula is C13H8BrF7N2O. The molecule has 0 saturated carbocycles. The standard InChI is InChI=1S/C13H8BrF7N2O/c14-8-2-1-6(9(15)10(8)16)7-5-23(3-4-24-12(17)18)22-11(7)13(19,20)21/h1-2,5,12H,3-4H2. The van der Waals surface area contributed by atoms with Crippen LogP contribution in [0, 0.1) is 11.6 Å². The number of alkyl halides is 5. The summed E-state index contributed by atoms with van der Waals surface area (Å²) < 4.78 is 94.8. The first-order valence-corrected chi connectivity index (χ1v) is 7.09. The Kier molecular flexibility index (Phi) is 5.53. The molecule has 0 bridgehead atoms. The Morgan fingerprint density at radius 1 is 1.12 bits per heavy atom. The van der Waals surface area contributed by atoms with Crippen molar-refractivity contribution in [2.45, 2.75) is 19.3 Å². The van der Waals surface area contributed by atoms with Gasteiger partial charge in [-0.3, -0.25) is 4.68 Å². The molecule has 24 heavy (non-hydrogen) atoms. The normalized spacial score (nSPS) is 12.2. The van der Waals surface area contributed by atoms with E-state index in [0.717, 1.165) is 18.3 Å². The second-order valence-corrected chi connectivity index (χ2v) is 5.36. The number of ether oxygens (including phenoxy) is 1. The predicted molar refractivity (Wildman–Crippen MR) is 72.2 cm³/mol. The first-order chi connectivity index (χ1) is 11.1. The summed E-state index contributed by atoms with van der Waals surface area (Å²) in [6.45, 7) is -4.11. The SMILES string of the molecule is Fc1c(Br)ccc(-c2cn(CCOC(F)F)nc2C(F)(F)F)c1F. The Labute approximate surface area is 139 Å². The number of aromatic nitrogens is 2. The van der Waals surface area contributed by atoms with Crippen molar-refractivity contribution in [2.75, 3.05) is 6.61 Å². The van der Waals surface area contributed by atoms with E-state index in [4.69, 9.17) is 0 Å². The Hall–Kier alpha value is -1.62. The lowest BCUT2D eigenvalue weighted by Crippen LogP contribution is -2.12. The van der Waals surface area contributed by atoms with Gasteiger partial charge < -0.3 is 4.74 Å². The maximum absolute atomic E-state index is 14.0. The molecule has 132 valence electrons. The first-order valence-electron chi connectivity index (χ1n) is 6.29. The Balaban J connectivity index is 2.45. The van der Waals surface area contributed by atoms with Crippen LogP contribution in [0.1, 0.15) is 5.69 Å². The van der Waals surface area contributed by atoms with Crippen LogP contribution in [0.15, 0.2) is 22.8 Å². The van der Waals surface area contributed by atoms with Crippen molar-refractivity contribution in [2.24, 2.45) is 0 Å². The lowest BCUT2D eigenvalue weighted by Gasteiger charge is -2.08. The van der Waals surface area contributed by atoms with Crippen LogP contribution in [0.3, 0.4) is 0 Å². The molecule has 0 aliphatic carbocycles. The predicted octanol–water partition coefficient (Wildman–Crippen LogP) is 4.85. The molecule has 0 N–H and O–H groups in total. The number of nitrogens with zero attached hydrogens (tertiary/aromatic N) is 2. The maximum atomic E-state index is 14.0. The van der Waals surface area contributed by atoms with Crippen molar-refractivity contribution in [3.05, 3.63) is 40.1 Å². The third-order valence-electron chi connectivity index (χ3n) is 2.92. The fraction of sp³-hybridized carbons (Fsp3) is 0.308. The minimum Gasteiger partial charge on any atom is -0.321 e. The molecule has 0 saturated heterocycles. The number of hydrogen-bond acceptors (Lipinski definition) is 2. The van der Waals surface area contributed by atoms with Crippen LogP contribution in [-0.2, 0) is 17.5 Å². The summed E-state index contributed by atoms with van der Waals surface area (Å²) in [5.41, 5.74) is -2.81. The van der Waals surface area contributed by atoms with E-state index in [1.807, 2.05) is 0 Å². The minimum atomic E-state index is -4.94. The van der Waals surface area contributed by atoms with Crippen LogP contribution in [0.4, 0.5) is 30.7 Å². The summed E-state index contributed by atoms with van der Waals surface area (Å²) in [5.74, 6) is -2.84. The lowest BCUT2D eigenvalue weighted by atomic mass is 10.1. The largest absolute Gasteiger partial charge is 0.435 e. The zero-order chi connectivity index (χ0) is 18.1. The molecule has 0 amide bonds. The van der Waals surface area contributed by atoms with Gasteiger partial charge in [0.25, 0.3) is 0 Å². The molecule has 0 atom stereocenters. The van der Waals surface area contributed by atoms with Crippen molar-refractivity contribution in [3.63, 3.8) is 0 Å². The molecule has 11 heteroatoms. The summed E-state index contributed by atoms with van der Waals surface area (Å²) in [6, 6.07) is 2.00. The first kappa shape index (κ1) is 18.7. The Bertz CT molecular complexity index is 730. The van der Waals surface area contributed by atoms with Gasteiger partial charge in [-0.25, -0.2) is 8.78 Å².